The Labute approximate surface area is 250 Å². The van der Waals surface area contributed by atoms with Gasteiger partial charge in [0.05, 0.1) is 26.1 Å². The van der Waals surface area contributed by atoms with Crippen LogP contribution in [-0.2, 0) is 28.2 Å². The molecule has 6 N–H and O–H groups in total. The molecule has 4 rings (SSSR count). The zero-order valence-corrected chi connectivity index (χ0v) is 26.0. The Hall–Kier alpha value is -3.06. The number of imide groups is 1. The van der Waals surface area contributed by atoms with Gasteiger partial charge in [0, 0.05) is 12.8 Å². The number of rotatable bonds is 12. The number of aromatic nitrogens is 4. The molecule has 2 aromatic rings. The molecule has 0 aromatic carbocycles. The van der Waals surface area contributed by atoms with E-state index in [0.717, 1.165) is 4.90 Å². The van der Waals surface area contributed by atoms with E-state index in [-0.39, 0.29) is 28.7 Å². The van der Waals surface area contributed by atoms with Gasteiger partial charge in [0.25, 0.3) is 5.91 Å². The number of hydrogen-bond donors (Lipinski definition) is 5. The van der Waals surface area contributed by atoms with E-state index in [2.05, 4.69) is 25.4 Å². The molecule has 2 aliphatic heterocycles. The van der Waals surface area contributed by atoms with Crippen molar-refractivity contribution in [2.75, 3.05) is 32.3 Å². The predicted octanol–water partition coefficient (Wildman–Crippen LogP) is -0.236. The molecule has 2 aromatic heterocycles. The number of amides is 3. The number of hydrogen-bond acceptors (Lipinski definition) is 15. The maximum Gasteiger partial charge on any atom is 0.327 e. The average Bonchev–Trinajstić information content (AvgIpc) is 3.53. The number of nitrogens with zero attached hydrogens (tertiary/aromatic N) is 5. The number of aliphatic hydroxyl groups excluding tert-OH is 1. The SMILES string of the molecule is COc1nc(N)nc2c1ncn2[C@@H]1O[C@H](CO[P@@](=O)(N[C@H](C)C(=O)OC(C)C)SCC2NC(=O)N(C)C2=O)[C@@H](O)[C@@]1(C)O. The number of urea groups is 1. The summed E-state index contributed by atoms with van der Waals surface area (Å²) < 4.78 is 37.4. The van der Waals surface area contributed by atoms with E-state index in [9.17, 15) is 29.2 Å². The molecule has 0 saturated carbocycles. The molecule has 2 aliphatic rings. The number of methoxy groups -OCH3 is 1. The minimum atomic E-state index is -4.05. The number of nitrogens with two attached hydrogens (primary N) is 1. The number of ether oxygens (including phenoxy) is 3. The molecule has 1 unspecified atom stereocenters. The van der Waals surface area contributed by atoms with Crippen molar-refractivity contribution in [1.29, 1.82) is 0 Å². The fourth-order valence-corrected chi connectivity index (χ4v) is 8.29. The number of carbonyl (C=O) groups is 3. The second-order valence-corrected chi connectivity index (χ2v) is 14.8. The minimum absolute atomic E-state index is 0.0941. The van der Waals surface area contributed by atoms with Gasteiger partial charge >= 0.3 is 18.7 Å². The first-order valence-electron chi connectivity index (χ1n) is 13.1. The van der Waals surface area contributed by atoms with Gasteiger partial charge in [-0.05, 0) is 27.7 Å². The Morgan fingerprint density at radius 3 is 2.65 bits per heavy atom. The summed E-state index contributed by atoms with van der Waals surface area (Å²) in [7, 11) is 2.68. The third-order valence-electron chi connectivity index (χ3n) is 6.72. The zero-order valence-electron chi connectivity index (χ0n) is 24.3. The molecule has 0 spiro atoms. The highest BCUT2D eigenvalue weighted by Crippen LogP contribution is 2.57. The van der Waals surface area contributed by atoms with Crippen molar-refractivity contribution >= 4 is 53.1 Å². The van der Waals surface area contributed by atoms with Crippen molar-refractivity contribution in [3.63, 3.8) is 0 Å². The van der Waals surface area contributed by atoms with Crippen molar-refractivity contribution < 1.29 is 47.9 Å². The monoisotopic (exact) mass is 646 g/mol. The first kappa shape index (κ1) is 32.8. The summed E-state index contributed by atoms with van der Waals surface area (Å²) in [5, 5.41) is 27.4. The van der Waals surface area contributed by atoms with Crippen molar-refractivity contribution in [3.8, 4) is 5.88 Å². The van der Waals surface area contributed by atoms with E-state index < -0.39 is 73.5 Å². The molecular formula is C23H35N8O10PS. The molecule has 0 aliphatic carbocycles. The summed E-state index contributed by atoms with van der Waals surface area (Å²) in [6.07, 6.45) is -3.16. The summed E-state index contributed by atoms with van der Waals surface area (Å²) in [4.78, 5) is 49.9. The topological polar surface area (TPSA) is 243 Å². The molecular weight excluding hydrogens is 611 g/mol. The molecule has 43 heavy (non-hydrogen) atoms. The van der Waals surface area contributed by atoms with Crippen LogP contribution in [0.5, 0.6) is 5.88 Å². The van der Waals surface area contributed by atoms with Crippen molar-refractivity contribution in [2.45, 2.75) is 69.9 Å². The third kappa shape index (κ3) is 6.72. The van der Waals surface area contributed by atoms with Gasteiger partial charge in [0.2, 0.25) is 11.8 Å². The molecule has 0 radical (unpaired) electrons. The molecule has 0 bridgehead atoms. The minimum Gasteiger partial charge on any atom is -0.479 e. The van der Waals surface area contributed by atoms with Gasteiger partial charge in [-0.3, -0.25) is 23.6 Å². The lowest BCUT2D eigenvalue weighted by atomic mass is 9.96. The van der Waals surface area contributed by atoms with Crippen LogP contribution in [0, 0.1) is 0 Å². The van der Waals surface area contributed by atoms with Crippen LogP contribution in [0.4, 0.5) is 10.7 Å². The number of aliphatic hydroxyl groups is 2. The number of anilines is 1. The lowest BCUT2D eigenvalue weighted by molar-refractivity contribution is -0.149. The average molecular weight is 647 g/mol. The Morgan fingerprint density at radius 2 is 2.05 bits per heavy atom. The summed E-state index contributed by atoms with van der Waals surface area (Å²) in [6.45, 7) is 1.49. The Balaban J connectivity index is 1.53. The fourth-order valence-electron chi connectivity index (χ4n) is 4.43. The number of nitrogens with one attached hydrogen (secondary N) is 2. The first-order chi connectivity index (χ1) is 20.1. The van der Waals surface area contributed by atoms with E-state index in [1.54, 1.807) is 13.8 Å². The number of likely N-dealkylation sites (N-methyl/N-ethyl adjacent to an activating group) is 1. The Kier molecular flexibility index (Phi) is 9.55. The van der Waals surface area contributed by atoms with Crippen LogP contribution in [0.25, 0.3) is 11.2 Å². The van der Waals surface area contributed by atoms with Crippen LogP contribution in [0.1, 0.15) is 33.9 Å². The van der Waals surface area contributed by atoms with E-state index in [1.807, 2.05) is 0 Å². The maximum absolute atomic E-state index is 14.0. The highest BCUT2D eigenvalue weighted by molar-refractivity contribution is 8.56. The molecule has 7 atom stereocenters. The first-order valence-corrected chi connectivity index (χ1v) is 16.3. The zero-order chi connectivity index (χ0) is 31.9. The number of fused-ring (bicyclic) bond motifs is 1. The smallest absolute Gasteiger partial charge is 0.327 e. The van der Waals surface area contributed by atoms with Gasteiger partial charge in [-0.1, -0.05) is 11.4 Å². The maximum atomic E-state index is 14.0. The molecule has 20 heteroatoms. The van der Waals surface area contributed by atoms with E-state index in [4.69, 9.17) is 24.5 Å². The Morgan fingerprint density at radius 1 is 1.35 bits per heavy atom. The second kappa shape index (κ2) is 12.5. The fraction of sp³-hybridized carbons (Fsp3) is 0.652. The van der Waals surface area contributed by atoms with Crippen LogP contribution < -0.4 is 20.9 Å². The molecule has 18 nitrogen and oxygen atoms in total. The lowest BCUT2D eigenvalue weighted by Gasteiger charge is -2.27. The van der Waals surface area contributed by atoms with E-state index in [1.165, 1.54) is 38.9 Å². The molecule has 2 saturated heterocycles. The number of esters is 1. The van der Waals surface area contributed by atoms with Crippen LogP contribution >= 0.6 is 18.1 Å². The van der Waals surface area contributed by atoms with Gasteiger partial charge in [-0.2, -0.15) is 9.97 Å². The van der Waals surface area contributed by atoms with Gasteiger partial charge in [0.15, 0.2) is 17.4 Å². The third-order valence-corrected chi connectivity index (χ3v) is 10.8. The number of imidazole rings is 1. The predicted molar refractivity (Wildman–Crippen MR) is 152 cm³/mol. The molecule has 3 amide bonds. The van der Waals surface area contributed by atoms with Crippen LogP contribution in [-0.4, -0.2) is 115 Å². The highest BCUT2D eigenvalue weighted by Gasteiger charge is 2.54. The van der Waals surface area contributed by atoms with Crippen molar-refractivity contribution in [1.82, 2.24) is 34.8 Å². The molecule has 238 valence electrons. The molecule has 2 fully saturated rings. The van der Waals surface area contributed by atoms with Crippen LogP contribution in [0.3, 0.4) is 0 Å². The summed E-state index contributed by atoms with van der Waals surface area (Å²) >= 11 is 0.677. The van der Waals surface area contributed by atoms with Crippen molar-refractivity contribution in [2.24, 2.45) is 0 Å². The van der Waals surface area contributed by atoms with Gasteiger partial charge in [-0.15, -0.1) is 0 Å². The van der Waals surface area contributed by atoms with Gasteiger partial charge in [0.1, 0.15) is 29.9 Å². The summed E-state index contributed by atoms with van der Waals surface area (Å²) in [6, 6.07) is -2.70. The highest BCUT2D eigenvalue weighted by atomic mass is 32.7. The van der Waals surface area contributed by atoms with Crippen molar-refractivity contribution in [3.05, 3.63) is 6.33 Å². The summed E-state index contributed by atoms with van der Waals surface area (Å²) in [5.41, 5.74) is 4.27. The van der Waals surface area contributed by atoms with Gasteiger partial charge in [-0.25, -0.2) is 14.9 Å². The largest absolute Gasteiger partial charge is 0.479 e. The van der Waals surface area contributed by atoms with E-state index >= 15 is 0 Å². The standard InChI is InChI=1S/C23H35N8O10PS/c1-10(2)40-19(34)11(3)29-42(37,43-8-12-18(33)30(5)22(35)26-12)39-7-13-15(32)23(4,36)20(41-13)31-9-25-14-16(31)27-21(24)28-17(14)38-6/h9-13,15,20,32,36H,7-8H2,1-6H3,(H,26,35)(H,29,37)(H2,24,27,28)/t11-,12?,13-,15-,20-,23-,42+/m1/s1. The van der Waals surface area contributed by atoms with Crippen LogP contribution in [0.15, 0.2) is 6.33 Å². The normalized spacial score (nSPS) is 27.9. The number of nitrogen functional groups attached to an aromatic ring is 1. The van der Waals surface area contributed by atoms with Crippen LogP contribution in [0.2, 0.25) is 0 Å². The Bertz CT molecular complexity index is 1440. The second-order valence-electron chi connectivity index (χ2n) is 10.4. The number of carbonyl (C=O) groups excluding carboxylic acids is 3. The van der Waals surface area contributed by atoms with Gasteiger partial charge < -0.3 is 40.0 Å². The lowest BCUT2D eigenvalue weighted by Crippen LogP contribution is -2.44. The summed E-state index contributed by atoms with van der Waals surface area (Å²) in [5.74, 6) is -1.42. The molecule has 4 heterocycles. The van der Waals surface area contributed by atoms with E-state index in [0.29, 0.717) is 11.4 Å². The quantitative estimate of drug-likeness (QED) is 0.114.